The van der Waals surface area contributed by atoms with E-state index in [1.54, 1.807) is 0 Å². The lowest BCUT2D eigenvalue weighted by Gasteiger charge is -2.17. The summed E-state index contributed by atoms with van der Waals surface area (Å²) in [6.45, 7) is 1.93. The van der Waals surface area contributed by atoms with E-state index in [0.29, 0.717) is 6.42 Å². The summed E-state index contributed by atoms with van der Waals surface area (Å²) in [4.78, 5) is 26.2. The highest BCUT2D eigenvalue weighted by molar-refractivity contribution is 6.29. The van der Waals surface area contributed by atoms with Crippen molar-refractivity contribution in [2.45, 2.75) is 19.4 Å². The molecule has 0 aliphatic heterocycles. The molecule has 1 aromatic carbocycles. The Balaban J connectivity index is 2.60. The summed E-state index contributed by atoms with van der Waals surface area (Å²) >= 11 is 5.65. The average Bonchev–Trinajstić information content (AvgIpc) is 2.34. The lowest BCUT2D eigenvalue weighted by Crippen LogP contribution is -2.37. The van der Waals surface area contributed by atoms with Gasteiger partial charge in [0.25, 0.3) is 5.56 Å². The minimum Gasteiger partial charge on any atom is -0.298 e. The number of nitrogens with one attached hydrogen (secondary N) is 1. The van der Waals surface area contributed by atoms with Crippen molar-refractivity contribution >= 4 is 11.6 Å². The van der Waals surface area contributed by atoms with E-state index >= 15 is 0 Å². The number of rotatable bonds is 3. The van der Waals surface area contributed by atoms with Gasteiger partial charge in [0, 0.05) is 6.07 Å². The average molecular weight is 265 g/mol. The lowest BCUT2D eigenvalue weighted by atomic mass is 10.0. The van der Waals surface area contributed by atoms with E-state index in [4.69, 9.17) is 11.6 Å². The van der Waals surface area contributed by atoms with Gasteiger partial charge in [-0.15, -0.1) is 0 Å². The predicted octanol–water partition coefficient (Wildman–Crippen LogP) is 2.19. The van der Waals surface area contributed by atoms with Crippen LogP contribution in [-0.4, -0.2) is 9.55 Å². The minimum absolute atomic E-state index is 0.0594. The van der Waals surface area contributed by atoms with Gasteiger partial charge in [-0.2, -0.15) is 0 Å². The number of H-pyrrole nitrogens is 1. The Morgan fingerprint density at radius 2 is 1.94 bits per heavy atom. The fourth-order valence-electron chi connectivity index (χ4n) is 2.01. The highest BCUT2D eigenvalue weighted by Gasteiger charge is 2.15. The summed E-state index contributed by atoms with van der Waals surface area (Å²) in [5, 5.41) is 0.0594. The van der Waals surface area contributed by atoms with Crippen molar-refractivity contribution < 1.29 is 0 Å². The first-order valence-corrected chi connectivity index (χ1v) is 6.07. The smallest absolute Gasteiger partial charge is 0.298 e. The Morgan fingerprint density at radius 1 is 1.28 bits per heavy atom. The maximum atomic E-state index is 11.9. The summed E-state index contributed by atoms with van der Waals surface area (Å²) in [5.74, 6) is 0. The van der Waals surface area contributed by atoms with E-state index in [1.165, 1.54) is 10.6 Å². The molecule has 1 unspecified atom stereocenters. The zero-order chi connectivity index (χ0) is 13.1. The number of hydrogen-bond acceptors (Lipinski definition) is 2. The van der Waals surface area contributed by atoms with Crippen molar-refractivity contribution in [3.63, 3.8) is 0 Å². The zero-order valence-electron chi connectivity index (χ0n) is 9.89. The number of nitrogens with zero attached hydrogens (tertiary/aromatic N) is 1. The highest BCUT2D eigenvalue weighted by atomic mass is 35.5. The van der Waals surface area contributed by atoms with Crippen molar-refractivity contribution in [1.29, 1.82) is 0 Å². The van der Waals surface area contributed by atoms with Crippen molar-refractivity contribution in [3.05, 3.63) is 68.0 Å². The quantitative estimate of drug-likeness (QED) is 0.864. The third-order valence-electron chi connectivity index (χ3n) is 2.82. The van der Waals surface area contributed by atoms with E-state index in [-0.39, 0.29) is 16.8 Å². The number of halogens is 1. The monoisotopic (exact) mass is 264 g/mol. The van der Waals surface area contributed by atoms with Crippen molar-refractivity contribution in [3.8, 4) is 0 Å². The fraction of sp³-hybridized carbons (Fsp3) is 0.231. The maximum Gasteiger partial charge on any atom is 0.330 e. The summed E-state index contributed by atoms with van der Waals surface area (Å²) < 4.78 is 1.20. The second kappa shape index (κ2) is 5.23. The third-order valence-corrected chi connectivity index (χ3v) is 3.02. The Labute approximate surface area is 109 Å². The van der Waals surface area contributed by atoms with Crippen LogP contribution in [0.5, 0.6) is 0 Å². The van der Waals surface area contributed by atoms with E-state index in [1.807, 2.05) is 37.3 Å². The van der Waals surface area contributed by atoms with E-state index in [9.17, 15) is 9.59 Å². The molecule has 0 spiro atoms. The Bertz CT molecular complexity index is 615. The molecule has 4 nitrogen and oxygen atoms in total. The van der Waals surface area contributed by atoms with Crippen molar-refractivity contribution in [2.24, 2.45) is 0 Å². The van der Waals surface area contributed by atoms with E-state index < -0.39 is 5.69 Å². The fourth-order valence-corrected chi connectivity index (χ4v) is 2.19. The van der Waals surface area contributed by atoms with Crippen LogP contribution in [0.2, 0.25) is 5.15 Å². The van der Waals surface area contributed by atoms with Gasteiger partial charge in [0.05, 0.1) is 6.04 Å². The number of aromatic nitrogens is 2. The first-order chi connectivity index (χ1) is 8.63. The van der Waals surface area contributed by atoms with Gasteiger partial charge in [0.1, 0.15) is 5.15 Å². The molecule has 1 atom stereocenters. The molecule has 0 radical (unpaired) electrons. The Kier molecular flexibility index (Phi) is 3.67. The number of benzene rings is 1. The molecule has 2 aromatic rings. The maximum absolute atomic E-state index is 11.9. The lowest BCUT2D eigenvalue weighted by molar-refractivity contribution is 0.521. The molecule has 0 bridgehead atoms. The van der Waals surface area contributed by atoms with Gasteiger partial charge in [-0.3, -0.25) is 14.3 Å². The normalized spacial score (nSPS) is 12.3. The molecule has 0 fully saturated rings. The van der Waals surface area contributed by atoms with Crippen LogP contribution < -0.4 is 11.2 Å². The van der Waals surface area contributed by atoms with Crippen LogP contribution in [-0.2, 0) is 0 Å². The Hall–Kier alpha value is -1.81. The van der Waals surface area contributed by atoms with Gasteiger partial charge < -0.3 is 0 Å². The Morgan fingerprint density at radius 3 is 2.50 bits per heavy atom. The van der Waals surface area contributed by atoms with Crippen molar-refractivity contribution in [2.75, 3.05) is 0 Å². The van der Waals surface area contributed by atoms with Crippen LogP contribution in [0.1, 0.15) is 24.9 Å². The molecule has 0 saturated carbocycles. The highest BCUT2D eigenvalue weighted by Crippen LogP contribution is 2.18. The second-order valence-corrected chi connectivity index (χ2v) is 4.37. The predicted molar refractivity (Wildman–Crippen MR) is 71.2 cm³/mol. The summed E-state index contributed by atoms with van der Waals surface area (Å²) in [7, 11) is 0. The molecule has 1 N–H and O–H groups in total. The molecule has 94 valence electrons. The number of aromatic amines is 1. The zero-order valence-corrected chi connectivity index (χ0v) is 10.6. The van der Waals surface area contributed by atoms with Crippen LogP contribution >= 0.6 is 11.6 Å². The van der Waals surface area contributed by atoms with Crippen LogP contribution in [0.4, 0.5) is 0 Å². The van der Waals surface area contributed by atoms with Crippen molar-refractivity contribution in [1.82, 2.24) is 9.55 Å². The van der Waals surface area contributed by atoms with Gasteiger partial charge >= 0.3 is 5.69 Å². The molecular weight excluding hydrogens is 252 g/mol. The standard InChI is InChI=1S/C13H13ClN2O2/c1-2-10(9-6-4-3-5-7-9)16-12(17)8-11(14)15-13(16)18/h3-8,10H,2H2,1H3,(H,15,18). The molecule has 2 rings (SSSR count). The van der Waals surface area contributed by atoms with Crippen LogP contribution in [0.3, 0.4) is 0 Å². The summed E-state index contributed by atoms with van der Waals surface area (Å²) in [6.07, 6.45) is 0.647. The minimum atomic E-state index is -0.483. The van der Waals surface area contributed by atoms with Gasteiger partial charge in [-0.25, -0.2) is 4.79 Å². The largest absolute Gasteiger partial charge is 0.330 e. The molecule has 18 heavy (non-hydrogen) atoms. The van der Waals surface area contributed by atoms with Crippen LogP contribution in [0.25, 0.3) is 0 Å². The third kappa shape index (κ3) is 2.38. The molecule has 0 amide bonds. The molecule has 0 aliphatic carbocycles. The topological polar surface area (TPSA) is 54.9 Å². The van der Waals surface area contributed by atoms with Crippen LogP contribution in [0, 0.1) is 0 Å². The molecular formula is C13H13ClN2O2. The molecule has 1 heterocycles. The van der Waals surface area contributed by atoms with E-state index in [2.05, 4.69) is 4.98 Å². The van der Waals surface area contributed by atoms with Gasteiger partial charge in [0.15, 0.2) is 0 Å². The first-order valence-electron chi connectivity index (χ1n) is 5.69. The number of hydrogen-bond donors (Lipinski definition) is 1. The summed E-state index contributed by atoms with van der Waals surface area (Å²) in [5.41, 5.74) is 0.0533. The second-order valence-electron chi connectivity index (χ2n) is 3.97. The van der Waals surface area contributed by atoms with Gasteiger partial charge in [0.2, 0.25) is 0 Å². The molecule has 5 heteroatoms. The first kappa shape index (κ1) is 12.6. The van der Waals surface area contributed by atoms with Gasteiger partial charge in [-0.05, 0) is 12.0 Å². The molecule has 0 saturated heterocycles. The SMILES string of the molecule is CCC(c1ccccc1)n1c(=O)cc(Cl)[nH]c1=O. The van der Waals surface area contributed by atoms with Gasteiger partial charge in [-0.1, -0.05) is 48.9 Å². The molecule has 0 aliphatic rings. The van der Waals surface area contributed by atoms with E-state index in [0.717, 1.165) is 5.56 Å². The van der Waals surface area contributed by atoms with Crippen LogP contribution in [0.15, 0.2) is 46.0 Å². The molecule has 1 aromatic heterocycles. The summed E-state index contributed by atoms with van der Waals surface area (Å²) in [6, 6.07) is 10.4.